The average molecular weight is 259 g/mol. The molecular weight excluding hydrogens is 246 g/mol. The normalized spacial score (nSPS) is 10.2. The van der Waals surface area contributed by atoms with E-state index in [0.29, 0.717) is 12.3 Å². The zero-order valence-electron chi connectivity index (χ0n) is 10.4. The van der Waals surface area contributed by atoms with E-state index < -0.39 is 4.92 Å². The molecule has 1 N–H and O–H groups in total. The van der Waals surface area contributed by atoms with Crippen LogP contribution in [0.1, 0.15) is 5.56 Å². The Morgan fingerprint density at radius 1 is 1.37 bits per heavy atom. The van der Waals surface area contributed by atoms with Crippen molar-refractivity contribution in [2.75, 3.05) is 7.05 Å². The quantitative estimate of drug-likeness (QED) is 0.659. The molecule has 1 aromatic carbocycles. The maximum Gasteiger partial charge on any atom is 0.331 e. The summed E-state index contributed by atoms with van der Waals surface area (Å²) in [4.78, 5) is 14.2. The Morgan fingerprint density at radius 2 is 2.21 bits per heavy atom. The largest absolute Gasteiger partial charge is 0.434 e. The van der Waals surface area contributed by atoms with Gasteiger partial charge in [0.15, 0.2) is 0 Å². The van der Waals surface area contributed by atoms with Gasteiger partial charge in [-0.1, -0.05) is 12.1 Å². The highest BCUT2D eigenvalue weighted by Crippen LogP contribution is 2.28. The minimum Gasteiger partial charge on any atom is -0.434 e. The summed E-state index contributed by atoms with van der Waals surface area (Å²) in [5.41, 5.74) is 0.875. The Bertz CT molecular complexity index is 587. The summed E-state index contributed by atoms with van der Waals surface area (Å²) in [7, 11) is 1.84. The first kappa shape index (κ1) is 13.0. The predicted molar refractivity (Wildman–Crippen MR) is 70.2 cm³/mol. The van der Waals surface area contributed by atoms with Crippen LogP contribution in [0.25, 0.3) is 0 Å². The van der Waals surface area contributed by atoms with Crippen LogP contribution in [0.2, 0.25) is 0 Å². The van der Waals surface area contributed by atoms with E-state index in [1.54, 1.807) is 6.07 Å². The molecule has 1 aromatic heterocycles. The van der Waals surface area contributed by atoms with Crippen LogP contribution in [0.4, 0.5) is 5.69 Å². The molecule has 6 heteroatoms. The molecule has 19 heavy (non-hydrogen) atoms. The van der Waals surface area contributed by atoms with Crippen LogP contribution in [0, 0.1) is 10.1 Å². The van der Waals surface area contributed by atoms with Gasteiger partial charge in [0.05, 0.1) is 4.92 Å². The van der Waals surface area contributed by atoms with Gasteiger partial charge in [-0.25, -0.2) is 4.98 Å². The van der Waals surface area contributed by atoms with E-state index in [0.717, 1.165) is 5.56 Å². The molecule has 0 atom stereocenters. The molecule has 0 aliphatic rings. The van der Waals surface area contributed by atoms with E-state index in [-0.39, 0.29) is 11.6 Å². The van der Waals surface area contributed by atoms with Crippen LogP contribution in [-0.4, -0.2) is 17.0 Å². The van der Waals surface area contributed by atoms with Gasteiger partial charge in [-0.05, 0) is 30.8 Å². The molecule has 0 bridgehead atoms. The molecule has 0 fully saturated rings. The topological polar surface area (TPSA) is 77.3 Å². The fourth-order valence-electron chi connectivity index (χ4n) is 1.63. The van der Waals surface area contributed by atoms with Crippen LogP contribution in [0.5, 0.6) is 11.6 Å². The first-order chi connectivity index (χ1) is 9.20. The summed E-state index contributed by atoms with van der Waals surface area (Å²) < 4.78 is 5.48. The molecule has 98 valence electrons. The first-order valence-electron chi connectivity index (χ1n) is 5.71. The molecule has 0 saturated heterocycles. The highest BCUT2D eigenvalue weighted by Gasteiger charge is 2.16. The fraction of sp³-hybridized carbons (Fsp3) is 0.154. The second kappa shape index (κ2) is 5.92. The smallest absolute Gasteiger partial charge is 0.331 e. The minimum atomic E-state index is -0.514. The van der Waals surface area contributed by atoms with Crippen molar-refractivity contribution < 1.29 is 9.66 Å². The number of ether oxygens (including phenoxy) is 1. The van der Waals surface area contributed by atoms with Crippen LogP contribution >= 0.6 is 0 Å². The molecule has 0 unspecified atom stereocenters. The molecule has 0 saturated carbocycles. The minimum absolute atomic E-state index is 0.00546. The zero-order valence-corrected chi connectivity index (χ0v) is 10.4. The molecule has 0 aliphatic carbocycles. The van der Waals surface area contributed by atoms with Gasteiger partial charge in [0.1, 0.15) is 5.75 Å². The Labute approximate surface area is 110 Å². The lowest BCUT2D eigenvalue weighted by Crippen LogP contribution is -2.04. The van der Waals surface area contributed by atoms with E-state index in [4.69, 9.17) is 4.74 Å². The van der Waals surface area contributed by atoms with Gasteiger partial charge in [0.2, 0.25) is 0 Å². The standard InChI is InChI=1S/C13H13N3O3/c1-14-9-10-4-2-5-11(8-10)19-13-12(16(17)18)6-3-7-15-13/h2-8,14H,9H2,1H3. The van der Waals surface area contributed by atoms with Crippen molar-refractivity contribution in [1.82, 2.24) is 10.3 Å². The number of hydrogen-bond acceptors (Lipinski definition) is 5. The van der Waals surface area contributed by atoms with E-state index in [1.807, 2.05) is 25.2 Å². The van der Waals surface area contributed by atoms with Gasteiger partial charge in [-0.2, -0.15) is 0 Å². The maximum atomic E-state index is 10.9. The molecule has 2 rings (SSSR count). The van der Waals surface area contributed by atoms with Gasteiger partial charge in [0.25, 0.3) is 5.88 Å². The Balaban J connectivity index is 2.26. The van der Waals surface area contributed by atoms with Gasteiger partial charge < -0.3 is 10.1 Å². The van der Waals surface area contributed by atoms with Gasteiger partial charge in [-0.3, -0.25) is 10.1 Å². The number of pyridine rings is 1. The van der Waals surface area contributed by atoms with Crippen molar-refractivity contribution in [3.8, 4) is 11.6 Å². The van der Waals surface area contributed by atoms with Crippen molar-refractivity contribution in [3.05, 3.63) is 58.3 Å². The third kappa shape index (κ3) is 3.26. The second-order valence-corrected chi connectivity index (χ2v) is 3.86. The molecule has 0 aliphatic heterocycles. The zero-order chi connectivity index (χ0) is 13.7. The Hall–Kier alpha value is -2.47. The summed E-state index contributed by atoms with van der Waals surface area (Å²) in [6.07, 6.45) is 1.46. The lowest BCUT2D eigenvalue weighted by molar-refractivity contribution is -0.386. The Kier molecular flexibility index (Phi) is 4.04. The molecule has 0 spiro atoms. The average Bonchev–Trinajstić information content (AvgIpc) is 2.40. The van der Waals surface area contributed by atoms with Gasteiger partial charge >= 0.3 is 5.69 Å². The van der Waals surface area contributed by atoms with Crippen LogP contribution in [0.3, 0.4) is 0 Å². The molecule has 1 heterocycles. The van der Waals surface area contributed by atoms with Crippen molar-refractivity contribution in [1.29, 1.82) is 0 Å². The lowest BCUT2D eigenvalue weighted by Gasteiger charge is -2.06. The number of nitrogens with one attached hydrogen (secondary N) is 1. The number of nitro groups is 1. The SMILES string of the molecule is CNCc1cccc(Oc2ncccc2[N+](=O)[O-])c1. The highest BCUT2D eigenvalue weighted by molar-refractivity contribution is 5.43. The van der Waals surface area contributed by atoms with Crippen molar-refractivity contribution >= 4 is 5.69 Å². The lowest BCUT2D eigenvalue weighted by atomic mass is 10.2. The molecular formula is C13H13N3O3. The summed E-state index contributed by atoms with van der Waals surface area (Å²) in [6, 6.07) is 10.2. The third-order valence-corrected chi connectivity index (χ3v) is 2.44. The highest BCUT2D eigenvalue weighted by atomic mass is 16.6. The number of aromatic nitrogens is 1. The van der Waals surface area contributed by atoms with Crippen LogP contribution in [-0.2, 0) is 6.54 Å². The molecule has 6 nitrogen and oxygen atoms in total. The number of benzene rings is 1. The summed E-state index contributed by atoms with van der Waals surface area (Å²) in [5, 5.41) is 13.9. The van der Waals surface area contributed by atoms with E-state index in [1.165, 1.54) is 18.3 Å². The van der Waals surface area contributed by atoms with E-state index >= 15 is 0 Å². The molecule has 0 radical (unpaired) electrons. The van der Waals surface area contributed by atoms with Crippen LogP contribution in [0.15, 0.2) is 42.6 Å². The second-order valence-electron chi connectivity index (χ2n) is 3.86. The van der Waals surface area contributed by atoms with Crippen molar-refractivity contribution in [3.63, 3.8) is 0 Å². The predicted octanol–water partition coefficient (Wildman–Crippen LogP) is 2.50. The van der Waals surface area contributed by atoms with Gasteiger partial charge in [0, 0.05) is 18.8 Å². The monoisotopic (exact) mass is 259 g/mol. The third-order valence-electron chi connectivity index (χ3n) is 2.44. The van der Waals surface area contributed by atoms with Crippen LogP contribution < -0.4 is 10.1 Å². The first-order valence-corrected chi connectivity index (χ1v) is 5.71. The number of rotatable bonds is 5. The number of hydrogen-bond donors (Lipinski definition) is 1. The molecule has 2 aromatic rings. The van der Waals surface area contributed by atoms with Crippen molar-refractivity contribution in [2.45, 2.75) is 6.54 Å². The summed E-state index contributed by atoms with van der Waals surface area (Å²) in [5.74, 6) is 0.517. The Morgan fingerprint density at radius 3 is 2.95 bits per heavy atom. The van der Waals surface area contributed by atoms with Gasteiger partial charge in [-0.15, -0.1) is 0 Å². The maximum absolute atomic E-state index is 10.9. The molecule has 0 amide bonds. The summed E-state index contributed by atoms with van der Waals surface area (Å²) >= 11 is 0. The van der Waals surface area contributed by atoms with E-state index in [2.05, 4.69) is 10.3 Å². The fourth-order valence-corrected chi connectivity index (χ4v) is 1.63. The summed E-state index contributed by atoms with van der Waals surface area (Å²) in [6.45, 7) is 0.696. The van der Waals surface area contributed by atoms with E-state index in [9.17, 15) is 10.1 Å². The van der Waals surface area contributed by atoms with Crippen molar-refractivity contribution in [2.24, 2.45) is 0 Å². The number of nitrogens with zero attached hydrogens (tertiary/aromatic N) is 2.